The van der Waals surface area contributed by atoms with Gasteiger partial charge in [-0.15, -0.1) is 0 Å². The molecule has 0 saturated heterocycles. The van der Waals surface area contributed by atoms with E-state index in [9.17, 15) is 0 Å². The lowest BCUT2D eigenvalue weighted by Crippen LogP contribution is -2.30. The summed E-state index contributed by atoms with van der Waals surface area (Å²) in [4.78, 5) is 2.48. The number of para-hydroxylation sites is 2. The lowest BCUT2D eigenvalue weighted by atomic mass is 9.65. The lowest BCUT2D eigenvalue weighted by molar-refractivity contribution is 0.660. The topological polar surface area (TPSA) is 8.17 Å². The standard InChI is InChI=1S/C66H48N2/c1-65(2)59-40-46(34-37-52(59)53-38-36-48(41-60(53)65)68-62-33-19-17-31-57(62)63-55-29-14-12-26-49(55)50-27-13-15-30-56(50)64(63)68)67(45-24-10-5-11-25-45)47-35-39-54-51-28-16-18-32-58(51)66(61(54)42-47,43-20-6-3-7-21-43)44-22-8-4-9-23-44/h3-17,19-31,33-42H,18,32H2,1-2H3. The largest absolute Gasteiger partial charge is 0.310 e. The number of hydrogen-bond donors (Lipinski definition) is 0. The highest BCUT2D eigenvalue weighted by Gasteiger charge is 2.48. The van der Waals surface area contributed by atoms with Gasteiger partial charge in [-0.25, -0.2) is 0 Å². The molecule has 10 aromatic carbocycles. The molecular weight excluding hydrogens is 821 g/mol. The summed E-state index contributed by atoms with van der Waals surface area (Å²) in [6.07, 6.45) is 6.81. The normalized spacial score (nSPS) is 15.2. The molecule has 3 aliphatic carbocycles. The molecule has 322 valence electrons. The van der Waals surface area contributed by atoms with Crippen molar-refractivity contribution in [3.05, 3.63) is 269 Å². The summed E-state index contributed by atoms with van der Waals surface area (Å²) >= 11 is 0. The van der Waals surface area contributed by atoms with Crippen LogP contribution in [0.1, 0.15) is 60.1 Å². The third-order valence-corrected chi connectivity index (χ3v) is 15.7. The Morgan fingerprint density at radius 1 is 0.441 bits per heavy atom. The maximum Gasteiger partial charge on any atom is 0.0677 e. The van der Waals surface area contributed by atoms with E-state index in [0.717, 1.165) is 29.9 Å². The monoisotopic (exact) mass is 868 g/mol. The number of benzene rings is 10. The zero-order valence-electron chi connectivity index (χ0n) is 38.2. The minimum atomic E-state index is -0.411. The highest BCUT2D eigenvalue weighted by Crippen LogP contribution is 2.59. The first kappa shape index (κ1) is 39.0. The molecule has 1 heterocycles. The van der Waals surface area contributed by atoms with Crippen molar-refractivity contribution in [1.82, 2.24) is 4.57 Å². The molecule has 0 radical (unpaired) electrons. The second-order valence-corrected chi connectivity index (χ2v) is 19.5. The highest BCUT2D eigenvalue weighted by molar-refractivity contribution is 6.32. The average molecular weight is 869 g/mol. The summed E-state index contributed by atoms with van der Waals surface area (Å²) in [5.41, 5.74) is 19.9. The molecule has 11 aromatic rings. The van der Waals surface area contributed by atoms with Gasteiger partial charge in [0, 0.05) is 44.3 Å². The number of anilines is 3. The van der Waals surface area contributed by atoms with Gasteiger partial charge in [-0.05, 0) is 139 Å². The van der Waals surface area contributed by atoms with Gasteiger partial charge in [0.05, 0.1) is 16.4 Å². The van der Waals surface area contributed by atoms with Gasteiger partial charge in [0.1, 0.15) is 0 Å². The van der Waals surface area contributed by atoms with Crippen LogP contribution in [0.15, 0.2) is 236 Å². The van der Waals surface area contributed by atoms with E-state index >= 15 is 0 Å². The van der Waals surface area contributed by atoms with Crippen molar-refractivity contribution in [1.29, 1.82) is 0 Å². The summed E-state index contributed by atoms with van der Waals surface area (Å²) in [6, 6.07) is 81.9. The van der Waals surface area contributed by atoms with E-state index in [-0.39, 0.29) is 5.41 Å². The van der Waals surface area contributed by atoms with Crippen molar-refractivity contribution in [2.24, 2.45) is 0 Å². The van der Waals surface area contributed by atoms with E-state index in [0.29, 0.717) is 0 Å². The summed E-state index contributed by atoms with van der Waals surface area (Å²) in [5, 5.41) is 7.74. The molecule has 0 spiro atoms. The van der Waals surface area contributed by atoms with Gasteiger partial charge in [-0.3, -0.25) is 0 Å². The van der Waals surface area contributed by atoms with Gasteiger partial charge >= 0.3 is 0 Å². The minimum Gasteiger partial charge on any atom is -0.310 e. The van der Waals surface area contributed by atoms with Crippen molar-refractivity contribution >= 4 is 66.0 Å². The lowest BCUT2D eigenvalue weighted by Gasteiger charge is -2.37. The summed E-state index contributed by atoms with van der Waals surface area (Å²) in [7, 11) is 0. The number of rotatable bonds is 6. The van der Waals surface area contributed by atoms with Crippen LogP contribution in [-0.2, 0) is 10.8 Å². The molecule has 2 nitrogen and oxygen atoms in total. The zero-order chi connectivity index (χ0) is 45.1. The van der Waals surface area contributed by atoms with Gasteiger partial charge in [-0.2, -0.15) is 0 Å². The molecule has 0 aliphatic heterocycles. The molecule has 0 amide bonds. The van der Waals surface area contributed by atoms with Gasteiger partial charge in [0.15, 0.2) is 0 Å². The Balaban J connectivity index is 0.939. The van der Waals surface area contributed by atoms with Gasteiger partial charge in [-0.1, -0.05) is 190 Å². The van der Waals surface area contributed by atoms with Crippen molar-refractivity contribution in [3.8, 4) is 16.8 Å². The third-order valence-electron chi connectivity index (χ3n) is 15.7. The van der Waals surface area contributed by atoms with E-state index in [1.165, 1.54) is 105 Å². The molecule has 0 saturated carbocycles. The van der Waals surface area contributed by atoms with E-state index in [2.05, 4.69) is 254 Å². The first-order valence-electron chi connectivity index (χ1n) is 24.2. The Hall–Kier alpha value is -8.20. The van der Waals surface area contributed by atoms with Gasteiger partial charge < -0.3 is 9.47 Å². The fourth-order valence-electron chi connectivity index (χ4n) is 12.8. The van der Waals surface area contributed by atoms with Crippen molar-refractivity contribution < 1.29 is 0 Å². The highest BCUT2D eigenvalue weighted by atomic mass is 15.1. The van der Waals surface area contributed by atoms with Crippen LogP contribution >= 0.6 is 0 Å². The van der Waals surface area contributed by atoms with E-state index in [4.69, 9.17) is 0 Å². The predicted octanol–water partition coefficient (Wildman–Crippen LogP) is 17.3. The number of fused-ring (bicyclic) bond motifs is 13. The molecule has 0 N–H and O–H groups in total. The van der Waals surface area contributed by atoms with Crippen molar-refractivity contribution in [3.63, 3.8) is 0 Å². The summed E-state index contributed by atoms with van der Waals surface area (Å²) in [5.74, 6) is 0. The zero-order valence-corrected chi connectivity index (χ0v) is 38.2. The average Bonchev–Trinajstić information content (AvgIpc) is 3.98. The van der Waals surface area contributed by atoms with Gasteiger partial charge in [0.2, 0.25) is 0 Å². The molecule has 68 heavy (non-hydrogen) atoms. The number of allylic oxidation sites excluding steroid dienone is 4. The number of nitrogens with zero attached hydrogens (tertiary/aromatic N) is 2. The Morgan fingerprint density at radius 3 is 1.66 bits per heavy atom. The molecule has 14 rings (SSSR count). The maximum absolute atomic E-state index is 2.53. The molecule has 2 heteroatoms. The number of hydrogen-bond acceptors (Lipinski definition) is 1. The fraction of sp³-hybridized carbons (Fsp3) is 0.0909. The second-order valence-electron chi connectivity index (χ2n) is 19.5. The summed E-state index contributed by atoms with van der Waals surface area (Å²) in [6.45, 7) is 4.83. The third kappa shape index (κ3) is 5.34. The van der Waals surface area contributed by atoms with Crippen LogP contribution in [0.4, 0.5) is 17.1 Å². The van der Waals surface area contributed by atoms with Crippen LogP contribution in [-0.4, -0.2) is 4.57 Å². The van der Waals surface area contributed by atoms with Crippen LogP contribution in [0.2, 0.25) is 0 Å². The number of aromatic nitrogens is 1. The maximum atomic E-state index is 2.53. The first-order chi connectivity index (χ1) is 33.5. The minimum absolute atomic E-state index is 0.268. The first-order valence-corrected chi connectivity index (χ1v) is 24.2. The Morgan fingerprint density at radius 2 is 0.971 bits per heavy atom. The second kappa shape index (κ2) is 14.6. The van der Waals surface area contributed by atoms with Crippen molar-refractivity contribution in [2.45, 2.75) is 37.5 Å². The van der Waals surface area contributed by atoms with Crippen LogP contribution in [0.25, 0.3) is 65.7 Å². The van der Waals surface area contributed by atoms with Crippen LogP contribution in [0, 0.1) is 0 Å². The Kier molecular flexibility index (Phi) is 8.40. The molecular formula is C66H48N2. The van der Waals surface area contributed by atoms with Crippen molar-refractivity contribution in [2.75, 3.05) is 4.90 Å². The molecule has 0 fully saturated rings. The fourth-order valence-corrected chi connectivity index (χ4v) is 12.8. The quantitative estimate of drug-likeness (QED) is 0.151. The van der Waals surface area contributed by atoms with Crippen LogP contribution in [0.3, 0.4) is 0 Å². The molecule has 3 aliphatic rings. The Bertz CT molecular complexity index is 3890. The summed E-state index contributed by atoms with van der Waals surface area (Å²) < 4.78 is 2.53. The van der Waals surface area contributed by atoms with Gasteiger partial charge in [0.25, 0.3) is 0 Å². The molecule has 0 unspecified atom stereocenters. The van der Waals surface area contributed by atoms with E-state index in [1.54, 1.807) is 0 Å². The predicted molar refractivity (Wildman–Crippen MR) is 286 cm³/mol. The smallest absolute Gasteiger partial charge is 0.0677 e. The van der Waals surface area contributed by atoms with E-state index < -0.39 is 5.41 Å². The molecule has 0 atom stereocenters. The van der Waals surface area contributed by atoms with Crippen LogP contribution in [0.5, 0.6) is 0 Å². The van der Waals surface area contributed by atoms with E-state index in [1.807, 2.05) is 0 Å². The molecule has 0 bridgehead atoms. The molecule has 1 aromatic heterocycles. The SMILES string of the molecule is CC1(C)c2cc(N(c3ccccc3)c3ccc4c(c3)C(c3ccccc3)(c3ccccc3)C3=C4C=CCC3)ccc2-c2ccc(-n3c4ccccc4c4c5ccccc5c5ccccc5c43)cc21. The van der Waals surface area contributed by atoms with Crippen LogP contribution < -0.4 is 4.90 Å². The Labute approximate surface area is 397 Å².